The van der Waals surface area contributed by atoms with Crippen LogP contribution in [0.4, 0.5) is 5.69 Å². The van der Waals surface area contributed by atoms with Gasteiger partial charge in [0, 0.05) is 82.1 Å². The van der Waals surface area contributed by atoms with Gasteiger partial charge in [-0.25, -0.2) is 9.97 Å². The molecular weight excluding hydrogens is 707 g/mol. The SMILES string of the molecule is CC1=CC(OCCCC(Cc2cn(C)c3ccc(C=O)cc23)c2ccc(Cl)c(-c3c(C)nc(CN(C)C)nc3C)c2N[C@H](C)CNC=O)CC(C)=C1Cl. The van der Waals surface area contributed by atoms with Crippen molar-refractivity contribution < 1.29 is 14.3 Å². The quantitative estimate of drug-likeness (QED) is 0.0821. The monoisotopic (exact) mass is 758 g/mol. The third-order valence-electron chi connectivity index (χ3n) is 9.94. The summed E-state index contributed by atoms with van der Waals surface area (Å²) in [5.41, 5.74) is 10.5. The van der Waals surface area contributed by atoms with Crippen LogP contribution in [0.25, 0.3) is 22.0 Å². The van der Waals surface area contributed by atoms with Crippen molar-refractivity contribution in [3.05, 3.63) is 97.7 Å². The Labute approximate surface area is 323 Å². The van der Waals surface area contributed by atoms with Gasteiger partial charge in [0.15, 0.2) is 0 Å². The van der Waals surface area contributed by atoms with E-state index < -0.39 is 0 Å². The van der Waals surface area contributed by atoms with Gasteiger partial charge in [-0.3, -0.25) is 9.59 Å². The molecule has 9 nitrogen and oxygen atoms in total. The lowest BCUT2D eigenvalue weighted by atomic mass is 9.84. The molecule has 53 heavy (non-hydrogen) atoms. The van der Waals surface area contributed by atoms with Gasteiger partial charge in [0.2, 0.25) is 6.41 Å². The molecule has 0 fully saturated rings. The third kappa shape index (κ3) is 9.57. The first kappa shape index (κ1) is 40.2. The molecule has 4 aromatic rings. The summed E-state index contributed by atoms with van der Waals surface area (Å²) in [7, 11) is 6.04. The Hall–Kier alpha value is -4.02. The summed E-state index contributed by atoms with van der Waals surface area (Å²) in [6.07, 6.45) is 9.02. The van der Waals surface area contributed by atoms with Crippen LogP contribution in [0.3, 0.4) is 0 Å². The van der Waals surface area contributed by atoms with Crippen LogP contribution in [-0.4, -0.2) is 71.5 Å². The van der Waals surface area contributed by atoms with E-state index in [9.17, 15) is 9.59 Å². The smallest absolute Gasteiger partial charge is 0.207 e. The molecule has 2 heterocycles. The molecule has 1 aliphatic carbocycles. The van der Waals surface area contributed by atoms with E-state index in [4.69, 9.17) is 37.9 Å². The van der Waals surface area contributed by atoms with Gasteiger partial charge in [0.25, 0.3) is 0 Å². The van der Waals surface area contributed by atoms with Crippen LogP contribution in [0.15, 0.2) is 58.8 Å². The minimum absolute atomic E-state index is 0.0114. The summed E-state index contributed by atoms with van der Waals surface area (Å²) in [6, 6.07) is 9.83. The normalized spacial score (nSPS) is 15.8. The molecule has 282 valence electrons. The van der Waals surface area contributed by atoms with Crippen LogP contribution in [0.5, 0.6) is 0 Å². The number of amides is 1. The lowest BCUT2D eigenvalue weighted by Gasteiger charge is -2.28. The first-order valence-corrected chi connectivity index (χ1v) is 19.0. The predicted octanol–water partition coefficient (Wildman–Crippen LogP) is 8.68. The van der Waals surface area contributed by atoms with Crippen LogP contribution in [-0.2, 0) is 29.5 Å². The highest BCUT2D eigenvalue weighted by atomic mass is 35.5. The minimum Gasteiger partial charge on any atom is -0.380 e. The number of nitrogens with zero attached hydrogens (tertiary/aromatic N) is 4. The molecule has 0 radical (unpaired) electrons. The maximum Gasteiger partial charge on any atom is 0.207 e. The number of fused-ring (bicyclic) bond motifs is 1. The van der Waals surface area contributed by atoms with E-state index in [2.05, 4.69) is 45.4 Å². The Morgan fingerprint density at radius 3 is 2.45 bits per heavy atom. The number of nitrogens with one attached hydrogen (secondary N) is 2. The zero-order valence-corrected chi connectivity index (χ0v) is 33.7. The standard InChI is InChI=1S/C42H52Cl2N6O3/c1-25-16-33(17-26(2)41(25)44)53-15-9-10-31(19-32-21-50(8)37-14-11-30(23-51)18-35(32)37)34-12-13-36(43)40(42(34)46-27(3)20-45-24-52)39-28(4)47-38(22-49(6)7)48-29(39)5/h11-14,16,18,21,23-24,27,31,33,46H,9-10,15,17,19-20,22H2,1-8H3,(H,45,52)/t27-,31?,33?/m1/s1. The van der Waals surface area contributed by atoms with Crippen molar-refractivity contribution in [3.63, 3.8) is 0 Å². The summed E-state index contributed by atoms with van der Waals surface area (Å²) in [5.74, 6) is 0.779. The minimum atomic E-state index is -0.119. The van der Waals surface area contributed by atoms with E-state index in [1.807, 2.05) is 73.1 Å². The van der Waals surface area contributed by atoms with E-state index in [1.54, 1.807) is 0 Å². The van der Waals surface area contributed by atoms with Crippen molar-refractivity contribution in [2.45, 2.75) is 84.9 Å². The first-order chi connectivity index (χ1) is 25.3. The van der Waals surface area contributed by atoms with Crippen molar-refractivity contribution in [1.82, 2.24) is 24.8 Å². The van der Waals surface area contributed by atoms with Gasteiger partial charge < -0.3 is 24.8 Å². The third-order valence-corrected chi connectivity index (χ3v) is 10.9. The number of rotatable bonds is 17. The number of aryl methyl sites for hydroxylation is 3. The van der Waals surface area contributed by atoms with Crippen LogP contribution >= 0.6 is 23.2 Å². The molecule has 0 saturated carbocycles. The van der Waals surface area contributed by atoms with E-state index in [1.165, 1.54) is 0 Å². The van der Waals surface area contributed by atoms with Crippen molar-refractivity contribution in [2.24, 2.45) is 7.05 Å². The number of aromatic nitrogens is 3. The fourth-order valence-corrected chi connectivity index (χ4v) is 7.92. The summed E-state index contributed by atoms with van der Waals surface area (Å²) < 4.78 is 8.55. The van der Waals surface area contributed by atoms with E-state index in [0.29, 0.717) is 43.1 Å². The summed E-state index contributed by atoms with van der Waals surface area (Å²) in [5, 5.41) is 9.06. The molecule has 2 unspecified atom stereocenters. The van der Waals surface area contributed by atoms with Crippen LogP contribution in [0.2, 0.25) is 5.02 Å². The fourth-order valence-electron chi connectivity index (χ4n) is 7.53. The molecule has 5 rings (SSSR count). The molecule has 2 aromatic carbocycles. The number of ether oxygens (including phenoxy) is 1. The predicted molar refractivity (Wildman–Crippen MR) is 217 cm³/mol. The average Bonchev–Trinajstić information content (AvgIpc) is 3.41. The highest BCUT2D eigenvalue weighted by Gasteiger charge is 2.26. The highest BCUT2D eigenvalue weighted by molar-refractivity contribution is 6.34. The Morgan fingerprint density at radius 1 is 1.06 bits per heavy atom. The number of hydrogen-bond acceptors (Lipinski definition) is 7. The summed E-state index contributed by atoms with van der Waals surface area (Å²) >= 11 is 13.6. The number of aldehydes is 1. The molecule has 1 amide bonds. The van der Waals surface area contributed by atoms with Crippen molar-refractivity contribution in [1.29, 1.82) is 0 Å². The molecular formula is C42H52Cl2N6O3. The van der Waals surface area contributed by atoms with Crippen LogP contribution in [0.1, 0.15) is 84.6 Å². The fraction of sp³-hybridized carbons (Fsp3) is 0.429. The Bertz CT molecular complexity index is 2010. The number of hydrogen-bond donors (Lipinski definition) is 2. The highest BCUT2D eigenvalue weighted by Crippen LogP contribution is 2.45. The van der Waals surface area contributed by atoms with Gasteiger partial charge in [-0.1, -0.05) is 40.9 Å². The first-order valence-electron chi connectivity index (χ1n) is 18.2. The van der Waals surface area contributed by atoms with Gasteiger partial charge in [-0.2, -0.15) is 0 Å². The number of carbonyl (C=O) groups excluding carboxylic acids is 2. The largest absolute Gasteiger partial charge is 0.380 e. The second-order valence-electron chi connectivity index (χ2n) is 14.6. The zero-order valence-electron chi connectivity index (χ0n) is 32.1. The van der Waals surface area contributed by atoms with Crippen molar-refractivity contribution >= 4 is 52.5 Å². The Balaban J connectivity index is 1.60. The number of anilines is 1. The molecule has 1 aliphatic rings. The van der Waals surface area contributed by atoms with E-state index in [0.717, 1.165) is 97.8 Å². The van der Waals surface area contributed by atoms with E-state index >= 15 is 0 Å². The topological polar surface area (TPSA) is 101 Å². The lowest BCUT2D eigenvalue weighted by molar-refractivity contribution is -0.109. The molecule has 3 atom stereocenters. The van der Waals surface area contributed by atoms with E-state index in [-0.39, 0.29) is 18.1 Å². The number of carbonyl (C=O) groups is 2. The molecule has 0 spiro atoms. The molecule has 0 aliphatic heterocycles. The van der Waals surface area contributed by atoms with Gasteiger partial charge in [-0.15, -0.1) is 0 Å². The van der Waals surface area contributed by atoms with Gasteiger partial charge in [-0.05, 0) is 121 Å². The zero-order chi connectivity index (χ0) is 38.4. The number of halogens is 2. The molecule has 2 aromatic heterocycles. The van der Waals surface area contributed by atoms with Gasteiger partial charge >= 0.3 is 0 Å². The Morgan fingerprint density at radius 2 is 1.79 bits per heavy atom. The lowest BCUT2D eigenvalue weighted by Crippen LogP contribution is -2.30. The van der Waals surface area contributed by atoms with Crippen molar-refractivity contribution in [2.75, 3.05) is 32.6 Å². The van der Waals surface area contributed by atoms with Gasteiger partial charge in [0.1, 0.15) is 12.1 Å². The van der Waals surface area contributed by atoms with Crippen LogP contribution in [0, 0.1) is 13.8 Å². The molecule has 11 heteroatoms. The molecule has 2 N–H and O–H groups in total. The summed E-state index contributed by atoms with van der Waals surface area (Å²) in [4.78, 5) is 35.0. The molecule has 0 bridgehead atoms. The second kappa shape index (κ2) is 17.9. The van der Waals surface area contributed by atoms with Crippen molar-refractivity contribution in [3.8, 4) is 11.1 Å². The summed E-state index contributed by atoms with van der Waals surface area (Å²) in [6.45, 7) is 11.8. The average molecular weight is 760 g/mol. The second-order valence-corrected chi connectivity index (χ2v) is 15.4. The Kier molecular flexibility index (Phi) is 13.5. The maximum atomic E-state index is 11.8. The van der Waals surface area contributed by atoms with Crippen LogP contribution < -0.4 is 10.6 Å². The maximum absolute atomic E-state index is 11.8. The number of allylic oxidation sites excluding steroid dienone is 2. The number of benzene rings is 2. The van der Waals surface area contributed by atoms with Gasteiger partial charge in [0.05, 0.1) is 17.7 Å². The molecule has 0 saturated heterocycles.